The van der Waals surface area contributed by atoms with Crippen LogP contribution in [0.5, 0.6) is 0 Å². The van der Waals surface area contributed by atoms with Crippen LogP contribution in [0.2, 0.25) is 0 Å². The zero-order valence-electron chi connectivity index (χ0n) is 8.13. The van der Waals surface area contributed by atoms with E-state index in [1.165, 1.54) is 23.5 Å². The fraction of sp³-hybridized carbons (Fsp3) is 0.700. The Labute approximate surface area is 78.8 Å². The van der Waals surface area contributed by atoms with E-state index in [1.807, 2.05) is 0 Å². The summed E-state index contributed by atoms with van der Waals surface area (Å²) in [5.74, 6) is 0.580. The maximum absolute atomic E-state index is 4.57. The van der Waals surface area contributed by atoms with Gasteiger partial charge in [-0.15, -0.1) is 11.3 Å². The summed E-state index contributed by atoms with van der Waals surface area (Å²) in [7, 11) is 0. The molecule has 0 aliphatic heterocycles. The molecule has 68 valence electrons. The van der Waals surface area contributed by atoms with E-state index in [9.17, 15) is 0 Å². The van der Waals surface area contributed by atoms with Gasteiger partial charge < -0.3 is 0 Å². The number of nitrogens with zero attached hydrogens (tertiary/aromatic N) is 1. The first-order valence-corrected chi connectivity index (χ1v) is 5.56. The standard InChI is InChI=1S/C10H17NS/c1-4-5-6-10-11-9(7-12-10)8(2)3/h7-8H,4-6H2,1-3H3. The highest BCUT2D eigenvalue weighted by Crippen LogP contribution is 2.18. The first-order valence-electron chi connectivity index (χ1n) is 4.68. The minimum absolute atomic E-state index is 0.580. The van der Waals surface area contributed by atoms with Crippen LogP contribution in [-0.2, 0) is 6.42 Å². The summed E-state index contributed by atoms with van der Waals surface area (Å²) >= 11 is 1.81. The van der Waals surface area contributed by atoms with E-state index in [2.05, 4.69) is 31.1 Å². The van der Waals surface area contributed by atoms with Gasteiger partial charge in [0.15, 0.2) is 0 Å². The van der Waals surface area contributed by atoms with Gasteiger partial charge in [-0.1, -0.05) is 27.2 Å². The molecule has 0 spiro atoms. The van der Waals surface area contributed by atoms with E-state index in [-0.39, 0.29) is 0 Å². The lowest BCUT2D eigenvalue weighted by Crippen LogP contribution is -1.88. The second-order valence-electron chi connectivity index (χ2n) is 3.42. The zero-order chi connectivity index (χ0) is 8.97. The molecule has 2 heteroatoms. The summed E-state index contributed by atoms with van der Waals surface area (Å²) in [6, 6.07) is 0. The predicted octanol–water partition coefficient (Wildman–Crippen LogP) is 3.61. The molecule has 0 amide bonds. The second-order valence-corrected chi connectivity index (χ2v) is 4.37. The van der Waals surface area contributed by atoms with Gasteiger partial charge in [0.1, 0.15) is 0 Å². The van der Waals surface area contributed by atoms with Crippen molar-refractivity contribution in [2.75, 3.05) is 0 Å². The molecule has 0 bridgehead atoms. The van der Waals surface area contributed by atoms with Crippen molar-refractivity contribution in [2.24, 2.45) is 0 Å². The third-order valence-electron chi connectivity index (χ3n) is 1.91. The van der Waals surface area contributed by atoms with Crippen molar-refractivity contribution in [1.82, 2.24) is 4.98 Å². The van der Waals surface area contributed by atoms with Gasteiger partial charge in [0.25, 0.3) is 0 Å². The van der Waals surface area contributed by atoms with Crippen molar-refractivity contribution in [3.8, 4) is 0 Å². The summed E-state index contributed by atoms with van der Waals surface area (Å²) in [5.41, 5.74) is 1.26. The molecule has 12 heavy (non-hydrogen) atoms. The molecule has 0 N–H and O–H groups in total. The van der Waals surface area contributed by atoms with Crippen LogP contribution >= 0.6 is 11.3 Å². The molecule has 0 aliphatic carbocycles. The number of aromatic nitrogens is 1. The van der Waals surface area contributed by atoms with E-state index >= 15 is 0 Å². The Hall–Kier alpha value is -0.370. The number of hydrogen-bond acceptors (Lipinski definition) is 2. The molecule has 0 aromatic carbocycles. The molecule has 1 aromatic heterocycles. The van der Waals surface area contributed by atoms with Gasteiger partial charge in [-0.3, -0.25) is 0 Å². The van der Waals surface area contributed by atoms with Gasteiger partial charge in [-0.2, -0.15) is 0 Å². The normalized spacial score (nSPS) is 11.0. The SMILES string of the molecule is CCCCc1nc(C(C)C)cs1. The fourth-order valence-corrected chi connectivity index (χ4v) is 2.04. The van der Waals surface area contributed by atoms with Crippen molar-refractivity contribution in [1.29, 1.82) is 0 Å². The molecule has 1 nitrogen and oxygen atoms in total. The Kier molecular flexibility index (Phi) is 3.73. The Bertz CT molecular complexity index is 227. The van der Waals surface area contributed by atoms with Crippen LogP contribution in [0, 0.1) is 0 Å². The molecule has 0 aliphatic rings. The molecule has 1 aromatic rings. The fourth-order valence-electron chi connectivity index (χ4n) is 1.03. The van der Waals surface area contributed by atoms with E-state index in [4.69, 9.17) is 0 Å². The first-order chi connectivity index (χ1) is 5.74. The smallest absolute Gasteiger partial charge is 0.0928 e. The van der Waals surface area contributed by atoms with Crippen molar-refractivity contribution >= 4 is 11.3 Å². The molecular weight excluding hydrogens is 166 g/mol. The maximum Gasteiger partial charge on any atom is 0.0928 e. The van der Waals surface area contributed by atoms with Crippen LogP contribution < -0.4 is 0 Å². The van der Waals surface area contributed by atoms with Gasteiger partial charge >= 0.3 is 0 Å². The number of hydrogen-bond donors (Lipinski definition) is 0. The molecule has 1 heterocycles. The molecule has 0 saturated heterocycles. The highest BCUT2D eigenvalue weighted by Gasteiger charge is 2.04. The quantitative estimate of drug-likeness (QED) is 0.695. The number of aryl methyl sites for hydroxylation is 1. The van der Waals surface area contributed by atoms with Crippen LogP contribution in [0.15, 0.2) is 5.38 Å². The third-order valence-corrected chi connectivity index (χ3v) is 2.83. The van der Waals surface area contributed by atoms with Crippen LogP contribution in [-0.4, -0.2) is 4.98 Å². The number of thiazole rings is 1. The maximum atomic E-state index is 4.57. The topological polar surface area (TPSA) is 12.9 Å². The van der Waals surface area contributed by atoms with Crippen LogP contribution in [0.3, 0.4) is 0 Å². The van der Waals surface area contributed by atoms with Gasteiger partial charge in [0.2, 0.25) is 0 Å². The second kappa shape index (κ2) is 4.61. The molecule has 0 fully saturated rings. The van der Waals surface area contributed by atoms with Crippen LogP contribution in [0.4, 0.5) is 0 Å². The minimum Gasteiger partial charge on any atom is -0.246 e. The third kappa shape index (κ3) is 2.59. The van der Waals surface area contributed by atoms with Crippen LogP contribution in [0.25, 0.3) is 0 Å². The Balaban J connectivity index is 2.52. The Morgan fingerprint density at radius 1 is 1.50 bits per heavy atom. The zero-order valence-corrected chi connectivity index (χ0v) is 8.95. The number of rotatable bonds is 4. The lowest BCUT2D eigenvalue weighted by molar-refractivity contribution is 0.771. The minimum atomic E-state index is 0.580. The molecule has 0 atom stereocenters. The van der Waals surface area contributed by atoms with Gasteiger partial charge in [0.05, 0.1) is 10.7 Å². The molecular formula is C10H17NS. The predicted molar refractivity (Wildman–Crippen MR) is 54.8 cm³/mol. The average Bonchev–Trinajstić information content (AvgIpc) is 2.48. The van der Waals surface area contributed by atoms with E-state index in [1.54, 1.807) is 11.3 Å². The van der Waals surface area contributed by atoms with Crippen molar-refractivity contribution in [3.05, 3.63) is 16.1 Å². The highest BCUT2D eigenvalue weighted by atomic mass is 32.1. The van der Waals surface area contributed by atoms with E-state index in [0.717, 1.165) is 6.42 Å². The molecule has 0 unspecified atom stereocenters. The Morgan fingerprint density at radius 3 is 2.75 bits per heavy atom. The average molecular weight is 183 g/mol. The van der Waals surface area contributed by atoms with Gasteiger partial charge in [0, 0.05) is 5.38 Å². The van der Waals surface area contributed by atoms with E-state index < -0.39 is 0 Å². The summed E-state index contributed by atoms with van der Waals surface area (Å²) in [6.07, 6.45) is 3.69. The number of unbranched alkanes of at least 4 members (excludes halogenated alkanes) is 1. The summed E-state index contributed by atoms with van der Waals surface area (Å²) in [4.78, 5) is 4.57. The summed E-state index contributed by atoms with van der Waals surface area (Å²) in [5, 5.41) is 3.50. The molecule has 1 rings (SSSR count). The largest absolute Gasteiger partial charge is 0.246 e. The van der Waals surface area contributed by atoms with Gasteiger partial charge in [-0.25, -0.2) is 4.98 Å². The summed E-state index contributed by atoms with van der Waals surface area (Å²) in [6.45, 7) is 6.61. The molecule has 0 radical (unpaired) electrons. The lowest BCUT2D eigenvalue weighted by atomic mass is 10.2. The molecule has 0 saturated carbocycles. The summed E-state index contributed by atoms with van der Waals surface area (Å²) < 4.78 is 0. The highest BCUT2D eigenvalue weighted by molar-refractivity contribution is 7.09. The van der Waals surface area contributed by atoms with Crippen molar-refractivity contribution in [3.63, 3.8) is 0 Å². The van der Waals surface area contributed by atoms with Gasteiger partial charge in [-0.05, 0) is 18.8 Å². The lowest BCUT2D eigenvalue weighted by Gasteiger charge is -1.96. The van der Waals surface area contributed by atoms with Crippen molar-refractivity contribution in [2.45, 2.75) is 46.0 Å². The van der Waals surface area contributed by atoms with E-state index in [0.29, 0.717) is 5.92 Å². The Morgan fingerprint density at radius 2 is 2.25 bits per heavy atom. The van der Waals surface area contributed by atoms with Crippen LogP contribution in [0.1, 0.15) is 50.2 Å². The van der Waals surface area contributed by atoms with Crippen molar-refractivity contribution < 1.29 is 0 Å². The monoisotopic (exact) mass is 183 g/mol. The first kappa shape index (κ1) is 9.72.